The van der Waals surface area contributed by atoms with Gasteiger partial charge in [0.25, 0.3) is 0 Å². The summed E-state index contributed by atoms with van der Waals surface area (Å²) < 4.78 is 13.1. The van der Waals surface area contributed by atoms with Crippen molar-refractivity contribution in [1.29, 1.82) is 0 Å². The van der Waals surface area contributed by atoms with Gasteiger partial charge in [-0.05, 0) is 250 Å². The quantitative estimate of drug-likeness (QED) is 0.0725. The van der Waals surface area contributed by atoms with Gasteiger partial charge in [0, 0.05) is 123 Å². The van der Waals surface area contributed by atoms with Crippen molar-refractivity contribution in [3.05, 3.63) is 341 Å². The van der Waals surface area contributed by atoms with Gasteiger partial charge in [-0.2, -0.15) is 9.97 Å². The molecule has 0 aliphatic rings. The predicted molar refractivity (Wildman–Crippen MR) is 448 cm³/mol. The van der Waals surface area contributed by atoms with E-state index >= 15 is 0 Å². The van der Waals surface area contributed by atoms with E-state index in [0.717, 1.165) is 201 Å². The molecule has 0 saturated heterocycles. The number of hydrogen-bond donors (Lipinski definition) is 4. The first-order valence-corrected chi connectivity index (χ1v) is 38.3. The van der Waals surface area contributed by atoms with Gasteiger partial charge in [0.05, 0.1) is 22.1 Å². The zero-order chi connectivity index (χ0) is 78.3. The fraction of sp³-hybridized carbons (Fsp3) is 0.208. The molecule has 0 radical (unpaired) electrons. The van der Waals surface area contributed by atoms with Crippen molar-refractivity contribution >= 4 is 43.6 Å². The highest BCUT2D eigenvalue weighted by Gasteiger charge is 2.33. The molecule has 0 saturated carbocycles. The Labute approximate surface area is 651 Å². The van der Waals surface area contributed by atoms with Crippen LogP contribution in [0.1, 0.15) is 159 Å². The van der Waals surface area contributed by atoms with Gasteiger partial charge in [-0.3, -0.25) is 9.13 Å². The smallest absolute Gasteiger partial charge is 0.238 e. The van der Waals surface area contributed by atoms with Crippen molar-refractivity contribution in [2.24, 2.45) is 0 Å². The molecule has 0 amide bonds. The molecule has 17 rings (SSSR count). The number of aryl methyl sites for hydroxylation is 4. The lowest BCUT2D eigenvalue weighted by Gasteiger charge is -2.16. The molecular formula is C96H90N12O4. The summed E-state index contributed by atoms with van der Waals surface area (Å²) in [5, 5.41) is 55.1. The molecule has 16 heteroatoms. The summed E-state index contributed by atoms with van der Waals surface area (Å²) >= 11 is 0. The zero-order valence-corrected chi connectivity index (χ0v) is 66.1. The number of hydrogen-bond acceptors (Lipinski definition) is 10. The van der Waals surface area contributed by atoms with Crippen LogP contribution in [0.4, 0.5) is 0 Å². The Hall–Kier alpha value is -12.4. The number of fused-ring (bicyclic) bond motifs is 6. The van der Waals surface area contributed by atoms with E-state index in [0.29, 0.717) is 34.7 Å². The highest BCUT2D eigenvalue weighted by Crippen LogP contribution is 2.47. The van der Waals surface area contributed by atoms with Crippen molar-refractivity contribution in [3.8, 4) is 57.4 Å². The Morgan fingerprint density at radius 1 is 0.250 bits per heavy atom. The summed E-state index contributed by atoms with van der Waals surface area (Å²) in [7, 11) is 0. The van der Waals surface area contributed by atoms with E-state index in [1.807, 2.05) is 97.1 Å². The summed E-state index contributed by atoms with van der Waals surface area (Å²) in [6.07, 6.45) is -0.862. The molecule has 4 unspecified atom stereocenters. The minimum atomic E-state index is -0.990. The van der Waals surface area contributed by atoms with Crippen molar-refractivity contribution in [2.45, 2.75) is 135 Å². The van der Waals surface area contributed by atoms with Crippen molar-refractivity contribution in [3.63, 3.8) is 0 Å². The second kappa shape index (κ2) is 27.8. The third-order valence-electron chi connectivity index (χ3n) is 24.1. The van der Waals surface area contributed by atoms with E-state index in [1.165, 1.54) is 0 Å². The lowest BCUT2D eigenvalue weighted by atomic mass is 9.93. The maximum Gasteiger partial charge on any atom is 0.238 e. The minimum Gasteiger partial charge on any atom is -0.384 e. The Morgan fingerprint density at radius 3 is 0.705 bits per heavy atom. The first kappa shape index (κ1) is 72.4. The Kier molecular flexibility index (Phi) is 18.0. The highest BCUT2D eigenvalue weighted by atomic mass is 16.3. The number of aliphatic hydroxyl groups is 4. The fourth-order valence-corrected chi connectivity index (χ4v) is 18.6. The van der Waals surface area contributed by atoms with Crippen LogP contribution in [0, 0.1) is 111 Å². The van der Waals surface area contributed by atoms with E-state index in [4.69, 9.17) is 29.9 Å². The van der Waals surface area contributed by atoms with Crippen LogP contribution in [0.25, 0.3) is 101 Å². The minimum absolute atomic E-state index is 0.363. The normalized spacial score (nSPS) is 13.0. The molecule has 16 nitrogen and oxygen atoms in total. The number of para-hydroxylation sites is 4. The van der Waals surface area contributed by atoms with Crippen LogP contribution in [0.3, 0.4) is 0 Å². The average Bonchev–Trinajstić information content (AvgIpc) is 1.56. The molecule has 0 spiro atoms. The Morgan fingerprint density at radius 2 is 0.473 bits per heavy atom. The van der Waals surface area contributed by atoms with E-state index in [-0.39, 0.29) is 0 Å². The summed E-state index contributed by atoms with van der Waals surface area (Å²) in [5.74, 6) is 1.48. The molecule has 9 aromatic carbocycles. The molecule has 0 aliphatic heterocycles. The molecule has 4 N–H and O–H groups in total. The molecule has 0 bridgehead atoms. The molecule has 112 heavy (non-hydrogen) atoms. The molecule has 17 aromatic rings. The van der Waals surface area contributed by atoms with Crippen LogP contribution >= 0.6 is 0 Å². The van der Waals surface area contributed by atoms with Crippen LogP contribution in [0.5, 0.6) is 0 Å². The third kappa shape index (κ3) is 11.4. The van der Waals surface area contributed by atoms with E-state index in [9.17, 15) is 20.4 Å². The van der Waals surface area contributed by atoms with Crippen molar-refractivity contribution in [1.82, 2.24) is 57.3 Å². The molecule has 0 aliphatic carbocycles. The fourth-order valence-electron chi connectivity index (χ4n) is 18.6. The lowest BCUT2D eigenvalue weighted by molar-refractivity contribution is 0.218. The van der Waals surface area contributed by atoms with Crippen molar-refractivity contribution < 1.29 is 20.4 Å². The average molecular weight is 1480 g/mol. The van der Waals surface area contributed by atoms with Gasteiger partial charge in [-0.1, -0.05) is 121 Å². The van der Waals surface area contributed by atoms with Gasteiger partial charge >= 0.3 is 0 Å². The first-order chi connectivity index (χ1) is 53.9. The van der Waals surface area contributed by atoms with Gasteiger partial charge in [0.15, 0.2) is 11.6 Å². The molecule has 4 atom stereocenters. The van der Waals surface area contributed by atoms with E-state index in [1.54, 1.807) is 12.7 Å². The SMILES string of the molecule is Cc1c(C(O)c2cc(C)c3c(c2)c2cc(C(O)c4c(C)c(C)n(-c5ccccc5)c4C)cc(C)c2n3-c2ncnc(-c3ccccc3-c3ncnc(-n4c5c(C)cc(C(O)c6c(C)c(C)n(-c7ccccc7)c6C)cc5c5cc(C(O)c6c(C)c(C)n(-c7ccccc7)c6C)cc(C)c54)n3)n2)c(C)n(-c2ccccc2)c1C. The second-order valence-electron chi connectivity index (χ2n) is 30.5. The van der Waals surface area contributed by atoms with Gasteiger partial charge < -0.3 is 38.7 Å². The largest absolute Gasteiger partial charge is 0.384 e. The topological polar surface area (TPSA) is 188 Å². The summed E-state index contributed by atoms with van der Waals surface area (Å²) in [6.45, 7) is 33.4. The van der Waals surface area contributed by atoms with E-state index < -0.39 is 24.4 Å². The van der Waals surface area contributed by atoms with Crippen molar-refractivity contribution in [2.75, 3.05) is 0 Å². The number of nitrogens with zero attached hydrogens (tertiary/aromatic N) is 12. The van der Waals surface area contributed by atoms with Crippen LogP contribution in [0.2, 0.25) is 0 Å². The summed E-state index contributed by atoms with van der Waals surface area (Å²) in [4.78, 5) is 30.8. The van der Waals surface area contributed by atoms with Crippen LogP contribution < -0.4 is 0 Å². The van der Waals surface area contributed by atoms with Crippen LogP contribution in [-0.2, 0) is 0 Å². The van der Waals surface area contributed by atoms with Crippen LogP contribution in [-0.4, -0.2) is 77.7 Å². The number of aliphatic hydroxyl groups excluding tert-OH is 4. The van der Waals surface area contributed by atoms with Gasteiger partial charge in [-0.25, -0.2) is 19.9 Å². The highest BCUT2D eigenvalue weighted by molar-refractivity contribution is 6.13. The monoisotopic (exact) mass is 1470 g/mol. The maximum absolute atomic E-state index is 12.9. The predicted octanol–water partition coefficient (Wildman–Crippen LogP) is 20.0. The van der Waals surface area contributed by atoms with Gasteiger partial charge in [0.2, 0.25) is 11.9 Å². The van der Waals surface area contributed by atoms with Crippen LogP contribution in [0.15, 0.2) is 207 Å². The maximum atomic E-state index is 12.9. The zero-order valence-electron chi connectivity index (χ0n) is 66.1. The second-order valence-corrected chi connectivity index (χ2v) is 30.5. The molecule has 8 heterocycles. The standard InChI is InChI=1S/C96H90N12O4/c1-51-41-67(89(109)81-55(5)59(9)103(63(81)13)71-31-21-17-22-32-71)45-77-78-46-68(90(110)82-56(6)60(10)104(64(82)14)72-33-23-18-24-34-72)42-52(2)86(78)107(85(51)77)95-99-49-97-93(101-95)75-39-29-30-40-76(75)94-98-50-100-96(102-94)108-87-53(3)43-69(91(111)83-57(7)61(11)105(65(83)15)73-35-25-19-26-36-73)47-79(87)80-48-70(44-54(4)88(80)108)92(112)84-58(8)62(12)106(66(84)16)74-37-27-20-28-38-74/h17-50,89-92,109-112H,1-16H3. The Balaban J connectivity index is 0.812. The lowest BCUT2D eigenvalue weighted by Crippen LogP contribution is -2.08. The molecule has 0 fully saturated rings. The number of rotatable bonds is 16. The number of benzene rings is 9. The van der Waals surface area contributed by atoms with E-state index in [2.05, 4.69) is 235 Å². The third-order valence-corrected chi connectivity index (χ3v) is 24.1. The summed E-state index contributed by atoms with van der Waals surface area (Å²) in [6, 6.07) is 65.6. The molecule has 558 valence electrons. The molecular weight excluding hydrogens is 1390 g/mol. The number of aromatic nitrogens is 12. The summed E-state index contributed by atoms with van der Waals surface area (Å²) in [5.41, 5.74) is 30.7. The molecule has 8 aromatic heterocycles. The van der Waals surface area contributed by atoms with Gasteiger partial charge in [0.1, 0.15) is 37.1 Å². The van der Waals surface area contributed by atoms with Gasteiger partial charge in [-0.15, -0.1) is 0 Å². The first-order valence-electron chi connectivity index (χ1n) is 38.3. The Bertz CT molecular complexity index is 5920.